The van der Waals surface area contributed by atoms with E-state index in [9.17, 15) is 22.8 Å². The molecule has 122 valence electrons. The van der Waals surface area contributed by atoms with Crippen molar-refractivity contribution in [3.63, 3.8) is 0 Å². The lowest BCUT2D eigenvalue weighted by molar-refractivity contribution is -0.175. The molecule has 0 N–H and O–H groups in total. The number of piperidine rings is 1. The van der Waals surface area contributed by atoms with Crippen molar-refractivity contribution in [3.8, 4) is 0 Å². The molecule has 5 nitrogen and oxygen atoms in total. The fourth-order valence-corrected chi connectivity index (χ4v) is 2.16. The highest BCUT2D eigenvalue weighted by molar-refractivity contribution is 5.78. The van der Waals surface area contributed by atoms with Crippen molar-refractivity contribution in [1.82, 2.24) is 4.90 Å². The SMILES string of the molecule is CCOC(=O)C1CCCN(C(=O)CCOCC(F)(F)F)C1. The van der Waals surface area contributed by atoms with Crippen LogP contribution >= 0.6 is 0 Å². The van der Waals surface area contributed by atoms with Gasteiger partial charge in [0.15, 0.2) is 0 Å². The summed E-state index contributed by atoms with van der Waals surface area (Å²) in [6.45, 7) is 1.13. The second kappa shape index (κ2) is 8.21. The van der Waals surface area contributed by atoms with Crippen LogP contribution in [0.4, 0.5) is 13.2 Å². The lowest BCUT2D eigenvalue weighted by Crippen LogP contribution is -2.43. The number of alkyl halides is 3. The third-order valence-corrected chi connectivity index (χ3v) is 3.12. The van der Waals surface area contributed by atoms with Gasteiger partial charge in [0.2, 0.25) is 5.91 Å². The Hall–Kier alpha value is -1.31. The van der Waals surface area contributed by atoms with Gasteiger partial charge >= 0.3 is 12.1 Å². The van der Waals surface area contributed by atoms with Crippen LogP contribution in [-0.2, 0) is 19.1 Å². The van der Waals surface area contributed by atoms with Gasteiger partial charge in [0, 0.05) is 13.1 Å². The van der Waals surface area contributed by atoms with Crippen molar-refractivity contribution in [2.24, 2.45) is 5.92 Å². The second-order valence-corrected chi connectivity index (χ2v) is 4.85. The number of esters is 1. The molecule has 0 aromatic carbocycles. The first-order chi connectivity index (χ1) is 9.83. The Morgan fingerprint density at radius 2 is 2.05 bits per heavy atom. The van der Waals surface area contributed by atoms with Crippen molar-refractivity contribution in [1.29, 1.82) is 0 Å². The standard InChI is InChI=1S/C13H20F3NO4/c1-2-21-12(19)10-4-3-6-17(8-10)11(18)5-7-20-9-13(14,15)16/h10H,2-9H2,1H3. The number of halogens is 3. The van der Waals surface area contributed by atoms with Crippen LogP contribution in [-0.4, -0.2) is 55.9 Å². The molecule has 0 bridgehead atoms. The number of nitrogens with zero attached hydrogens (tertiary/aromatic N) is 1. The molecule has 1 atom stereocenters. The van der Waals surface area contributed by atoms with E-state index in [1.54, 1.807) is 6.92 Å². The molecular weight excluding hydrogens is 291 g/mol. The minimum Gasteiger partial charge on any atom is -0.466 e. The number of carbonyl (C=O) groups excluding carboxylic acids is 2. The van der Waals surface area contributed by atoms with Crippen LogP contribution in [0.1, 0.15) is 26.2 Å². The molecule has 0 aromatic rings. The highest BCUT2D eigenvalue weighted by atomic mass is 19.4. The first kappa shape index (κ1) is 17.7. The summed E-state index contributed by atoms with van der Waals surface area (Å²) in [5, 5.41) is 0. The molecule has 1 heterocycles. The topological polar surface area (TPSA) is 55.8 Å². The van der Waals surface area contributed by atoms with E-state index < -0.39 is 12.8 Å². The molecule has 1 rings (SSSR count). The molecular formula is C13H20F3NO4. The minimum atomic E-state index is -4.39. The summed E-state index contributed by atoms with van der Waals surface area (Å²) in [5.41, 5.74) is 0. The van der Waals surface area contributed by atoms with Gasteiger partial charge in [-0.2, -0.15) is 13.2 Å². The average Bonchev–Trinajstić information content (AvgIpc) is 2.43. The zero-order chi connectivity index (χ0) is 15.9. The maximum atomic E-state index is 11.9. The Balaban J connectivity index is 2.32. The van der Waals surface area contributed by atoms with Crippen molar-refractivity contribution in [3.05, 3.63) is 0 Å². The highest BCUT2D eigenvalue weighted by Gasteiger charge is 2.30. The van der Waals surface area contributed by atoms with Gasteiger partial charge in [0.25, 0.3) is 0 Å². The van der Waals surface area contributed by atoms with Gasteiger partial charge < -0.3 is 14.4 Å². The van der Waals surface area contributed by atoms with E-state index in [1.807, 2.05) is 0 Å². The molecule has 1 amide bonds. The number of carbonyl (C=O) groups is 2. The molecule has 1 fully saturated rings. The quantitative estimate of drug-likeness (QED) is 0.554. The Labute approximate surface area is 121 Å². The van der Waals surface area contributed by atoms with Crippen molar-refractivity contribution in [2.75, 3.05) is 32.9 Å². The fourth-order valence-electron chi connectivity index (χ4n) is 2.16. The molecule has 1 saturated heterocycles. The van der Waals surface area contributed by atoms with Gasteiger partial charge in [-0.3, -0.25) is 9.59 Å². The summed E-state index contributed by atoms with van der Waals surface area (Å²) < 4.78 is 45.0. The number of hydrogen-bond donors (Lipinski definition) is 0. The zero-order valence-corrected chi connectivity index (χ0v) is 11.9. The molecule has 21 heavy (non-hydrogen) atoms. The Bertz CT molecular complexity index is 360. The highest BCUT2D eigenvalue weighted by Crippen LogP contribution is 2.19. The normalized spacial score (nSPS) is 19.4. The summed E-state index contributed by atoms with van der Waals surface area (Å²) in [4.78, 5) is 25.0. The van der Waals surface area contributed by atoms with E-state index in [0.29, 0.717) is 19.4 Å². The molecule has 1 aliphatic heterocycles. The van der Waals surface area contributed by atoms with Crippen molar-refractivity contribution < 1.29 is 32.2 Å². The molecule has 0 spiro atoms. The maximum Gasteiger partial charge on any atom is 0.411 e. The van der Waals surface area contributed by atoms with Crippen LogP contribution in [0.15, 0.2) is 0 Å². The van der Waals surface area contributed by atoms with Crippen LogP contribution in [0.2, 0.25) is 0 Å². The smallest absolute Gasteiger partial charge is 0.411 e. The average molecular weight is 311 g/mol. The van der Waals surface area contributed by atoms with Crippen LogP contribution < -0.4 is 0 Å². The minimum absolute atomic E-state index is 0.119. The predicted molar refractivity (Wildman–Crippen MR) is 67.4 cm³/mol. The number of amides is 1. The molecule has 1 aliphatic rings. The maximum absolute atomic E-state index is 11.9. The second-order valence-electron chi connectivity index (χ2n) is 4.85. The third kappa shape index (κ3) is 6.79. The molecule has 0 radical (unpaired) electrons. The van der Waals surface area contributed by atoms with Gasteiger partial charge in [-0.05, 0) is 19.8 Å². The number of ether oxygens (including phenoxy) is 2. The monoisotopic (exact) mass is 311 g/mol. The van der Waals surface area contributed by atoms with E-state index in [4.69, 9.17) is 4.74 Å². The van der Waals surface area contributed by atoms with Crippen LogP contribution in [0.25, 0.3) is 0 Å². The summed E-state index contributed by atoms with van der Waals surface area (Å²) in [7, 11) is 0. The number of hydrogen-bond acceptors (Lipinski definition) is 4. The largest absolute Gasteiger partial charge is 0.466 e. The Morgan fingerprint density at radius 1 is 1.33 bits per heavy atom. The van der Waals surface area contributed by atoms with Crippen molar-refractivity contribution in [2.45, 2.75) is 32.4 Å². The summed E-state index contributed by atoms with van der Waals surface area (Å²) in [6, 6.07) is 0. The summed E-state index contributed by atoms with van der Waals surface area (Å²) >= 11 is 0. The van der Waals surface area contributed by atoms with E-state index in [2.05, 4.69) is 4.74 Å². The van der Waals surface area contributed by atoms with Crippen LogP contribution in [0.3, 0.4) is 0 Å². The molecule has 0 aromatic heterocycles. The van der Waals surface area contributed by atoms with Crippen molar-refractivity contribution >= 4 is 11.9 Å². The Morgan fingerprint density at radius 3 is 2.67 bits per heavy atom. The van der Waals surface area contributed by atoms with Gasteiger partial charge in [-0.15, -0.1) is 0 Å². The Kier molecular flexibility index (Phi) is 6.94. The van der Waals surface area contributed by atoms with Gasteiger partial charge in [-0.25, -0.2) is 0 Å². The first-order valence-corrected chi connectivity index (χ1v) is 6.92. The molecule has 0 aliphatic carbocycles. The van der Waals surface area contributed by atoms with Crippen LogP contribution in [0.5, 0.6) is 0 Å². The summed E-state index contributed by atoms with van der Waals surface area (Å²) in [6.07, 6.45) is -3.17. The van der Waals surface area contributed by atoms with E-state index in [0.717, 1.165) is 0 Å². The predicted octanol–water partition coefficient (Wildman–Crippen LogP) is 1.76. The number of likely N-dealkylation sites (tertiary alicyclic amines) is 1. The molecule has 8 heteroatoms. The zero-order valence-electron chi connectivity index (χ0n) is 11.9. The lowest BCUT2D eigenvalue weighted by atomic mass is 9.98. The summed E-state index contributed by atoms with van der Waals surface area (Å²) in [5.74, 6) is -0.978. The van der Waals surface area contributed by atoms with Gasteiger partial charge in [-0.1, -0.05) is 0 Å². The molecule has 0 saturated carbocycles. The fraction of sp³-hybridized carbons (Fsp3) is 0.846. The van der Waals surface area contributed by atoms with Gasteiger partial charge in [0.05, 0.1) is 25.6 Å². The van der Waals surface area contributed by atoms with E-state index in [1.165, 1.54) is 4.90 Å². The van der Waals surface area contributed by atoms with E-state index in [-0.39, 0.29) is 44.0 Å². The van der Waals surface area contributed by atoms with E-state index >= 15 is 0 Å². The first-order valence-electron chi connectivity index (χ1n) is 6.92. The third-order valence-electron chi connectivity index (χ3n) is 3.12. The molecule has 1 unspecified atom stereocenters. The van der Waals surface area contributed by atoms with Gasteiger partial charge in [0.1, 0.15) is 6.61 Å². The lowest BCUT2D eigenvalue weighted by Gasteiger charge is -2.31. The number of rotatable bonds is 6. The van der Waals surface area contributed by atoms with Crippen LogP contribution in [0, 0.1) is 5.92 Å².